The Morgan fingerprint density at radius 1 is 1.31 bits per heavy atom. The average Bonchev–Trinajstić information content (AvgIpc) is 3.07. The molecule has 2 aromatic rings. The highest BCUT2D eigenvalue weighted by atomic mass is 16.7. The van der Waals surface area contributed by atoms with E-state index in [-0.39, 0.29) is 30.5 Å². The minimum Gasteiger partial charge on any atom is -0.454 e. The second kappa shape index (κ2) is 7.51. The van der Waals surface area contributed by atoms with Crippen LogP contribution in [0.4, 0.5) is 11.4 Å². The summed E-state index contributed by atoms with van der Waals surface area (Å²) in [5.41, 5.74) is 4.20. The molecule has 0 radical (unpaired) electrons. The highest BCUT2D eigenvalue weighted by molar-refractivity contribution is 5.88. The Morgan fingerprint density at radius 2 is 2.04 bits per heavy atom. The fourth-order valence-corrected chi connectivity index (χ4v) is 2.37. The van der Waals surface area contributed by atoms with Gasteiger partial charge in [0, 0.05) is 5.69 Å². The quantitative estimate of drug-likeness (QED) is 0.466. The highest BCUT2D eigenvalue weighted by Gasteiger charge is 2.22. The molecule has 0 aromatic heterocycles. The van der Waals surface area contributed by atoms with Crippen molar-refractivity contribution in [2.24, 2.45) is 5.10 Å². The van der Waals surface area contributed by atoms with Crippen LogP contribution in [0.25, 0.3) is 0 Å². The summed E-state index contributed by atoms with van der Waals surface area (Å²) in [6.07, 6.45) is 1.20. The van der Waals surface area contributed by atoms with Gasteiger partial charge in [-0.25, -0.2) is 5.43 Å². The Bertz CT molecular complexity index is 881. The maximum Gasteiger partial charge on any atom is 0.282 e. The van der Waals surface area contributed by atoms with Gasteiger partial charge in [-0.05, 0) is 24.6 Å². The Hall–Kier alpha value is -3.62. The number of anilines is 1. The predicted octanol–water partition coefficient (Wildman–Crippen LogP) is 2.19. The minimum absolute atomic E-state index is 0.00833. The summed E-state index contributed by atoms with van der Waals surface area (Å²) < 4.78 is 10.3. The molecular weight excluding hydrogens is 340 g/mol. The average molecular weight is 356 g/mol. The number of para-hydroxylation sites is 1. The van der Waals surface area contributed by atoms with Crippen LogP contribution in [0.2, 0.25) is 0 Å². The third-order valence-electron chi connectivity index (χ3n) is 3.70. The number of hydrogen-bond donors (Lipinski definition) is 2. The summed E-state index contributed by atoms with van der Waals surface area (Å²) in [5.74, 6) is 0.317. The first-order chi connectivity index (χ1) is 12.5. The van der Waals surface area contributed by atoms with Crippen LogP contribution >= 0.6 is 0 Å². The molecule has 0 fully saturated rings. The lowest BCUT2D eigenvalue weighted by molar-refractivity contribution is -0.385. The molecule has 1 amide bonds. The van der Waals surface area contributed by atoms with Crippen LogP contribution in [-0.2, 0) is 4.79 Å². The van der Waals surface area contributed by atoms with Gasteiger partial charge in [0.25, 0.3) is 11.6 Å². The van der Waals surface area contributed by atoms with E-state index >= 15 is 0 Å². The Morgan fingerprint density at radius 3 is 2.77 bits per heavy atom. The van der Waals surface area contributed by atoms with Crippen molar-refractivity contribution >= 4 is 23.5 Å². The molecule has 134 valence electrons. The van der Waals surface area contributed by atoms with Gasteiger partial charge in [-0.3, -0.25) is 14.9 Å². The fourth-order valence-electron chi connectivity index (χ4n) is 2.37. The third kappa shape index (κ3) is 3.89. The van der Waals surface area contributed by atoms with Crippen LogP contribution in [0.3, 0.4) is 0 Å². The molecule has 0 spiro atoms. The largest absolute Gasteiger partial charge is 0.454 e. The molecule has 3 rings (SSSR count). The molecule has 2 aromatic carbocycles. The summed E-state index contributed by atoms with van der Waals surface area (Å²) >= 11 is 0. The van der Waals surface area contributed by atoms with Crippen molar-refractivity contribution in [3.05, 3.63) is 57.6 Å². The number of aryl methyl sites for hydroxylation is 1. The van der Waals surface area contributed by atoms with Crippen molar-refractivity contribution in [2.75, 3.05) is 18.7 Å². The molecule has 0 saturated carbocycles. The number of amides is 1. The molecule has 0 aliphatic carbocycles. The van der Waals surface area contributed by atoms with Crippen LogP contribution in [0.15, 0.2) is 41.5 Å². The number of nitrogens with zero attached hydrogens (tertiary/aromatic N) is 2. The van der Waals surface area contributed by atoms with Crippen molar-refractivity contribution in [2.45, 2.75) is 6.92 Å². The molecule has 26 heavy (non-hydrogen) atoms. The summed E-state index contributed by atoms with van der Waals surface area (Å²) in [4.78, 5) is 22.5. The number of carbonyl (C=O) groups excluding carboxylic acids is 1. The number of nitro groups is 1. The number of carbonyl (C=O) groups is 1. The monoisotopic (exact) mass is 356 g/mol. The fraction of sp³-hybridized carbons (Fsp3) is 0.176. The molecule has 9 nitrogen and oxygen atoms in total. The molecule has 0 unspecified atom stereocenters. The zero-order valence-corrected chi connectivity index (χ0v) is 13.9. The summed E-state index contributed by atoms with van der Waals surface area (Å²) in [6.45, 7) is 1.96. The first-order valence-electron chi connectivity index (χ1n) is 7.74. The van der Waals surface area contributed by atoms with Crippen LogP contribution in [0.1, 0.15) is 11.1 Å². The van der Waals surface area contributed by atoms with Gasteiger partial charge >= 0.3 is 0 Å². The van der Waals surface area contributed by atoms with Gasteiger partial charge in [0.2, 0.25) is 6.79 Å². The van der Waals surface area contributed by atoms with Gasteiger partial charge in [0.05, 0.1) is 29.3 Å². The van der Waals surface area contributed by atoms with Gasteiger partial charge in [0.1, 0.15) is 0 Å². The third-order valence-corrected chi connectivity index (χ3v) is 3.70. The lowest BCUT2D eigenvalue weighted by Crippen LogP contribution is -2.26. The van der Waals surface area contributed by atoms with E-state index in [2.05, 4.69) is 15.8 Å². The van der Waals surface area contributed by atoms with Crippen molar-refractivity contribution in [3.63, 3.8) is 0 Å². The number of nitro benzene ring substituents is 1. The first-order valence-corrected chi connectivity index (χ1v) is 7.74. The van der Waals surface area contributed by atoms with E-state index in [9.17, 15) is 14.9 Å². The molecular formula is C17H16N4O5. The molecule has 0 bridgehead atoms. The topological polar surface area (TPSA) is 115 Å². The van der Waals surface area contributed by atoms with Crippen LogP contribution in [0, 0.1) is 17.0 Å². The summed E-state index contributed by atoms with van der Waals surface area (Å²) in [5, 5.41) is 17.9. The van der Waals surface area contributed by atoms with Gasteiger partial charge in [0.15, 0.2) is 11.5 Å². The SMILES string of the molecule is Cc1ccccc1NCC(=O)N/N=C/c1cc2c(cc1[N+](=O)[O-])OCO2. The van der Waals surface area contributed by atoms with Gasteiger partial charge in [-0.1, -0.05) is 18.2 Å². The normalized spacial score (nSPS) is 12.2. The molecule has 9 heteroatoms. The number of fused-ring (bicyclic) bond motifs is 1. The zero-order chi connectivity index (χ0) is 18.5. The van der Waals surface area contributed by atoms with E-state index in [1.807, 2.05) is 31.2 Å². The molecule has 2 N–H and O–H groups in total. The molecule has 1 heterocycles. The molecule has 1 aliphatic heterocycles. The van der Waals surface area contributed by atoms with Crippen LogP contribution in [0.5, 0.6) is 11.5 Å². The second-order valence-corrected chi connectivity index (χ2v) is 5.48. The molecule has 0 atom stereocenters. The van der Waals surface area contributed by atoms with Gasteiger partial charge in [-0.2, -0.15) is 5.10 Å². The Labute approximate surface area is 148 Å². The van der Waals surface area contributed by atoms with E-state index in [0.717, 1.165) is 11.3 Å². The van der Waals surface area contributed by atoms with Crippen molar-refractivity contribution in [1.82, 2.24) is 5.43 Å². The number of benzene rings is 2. The van der Waals surface area contributed by atoms with Gasteiger partial charge < -0.3 is 14.8 Å². The maximum atomic E-state index is 11.9. The number of hydrazone groups is 1. The lowest BCUT2D eigenvalue weighted by atomic mass is 10.1. The first kappa shape index (κ1) is 17.2. The van der Waals surface area contributed by atoms with Crippen molar-refractivity contribution in [1.29, 1.82) is 0 Å². The van der Waals surface area contributed by atoms with Crippen LogP contribution < -0.4 is 20.2 Å². The minimum atomic E-state index is -0.551. The Balaban J connectivity index is 1.62. The standard InChI is InChI=1S/C17H16N4O5/c1-11-4-2-3-5-13(11)18-9-17(22)20-19-8-12-6-15-16(26-10-25-15)7-14(12)21(23)24/h2-8,18H,9-10H2,1H3,(H,20,22)/b19-8+. The molecule has 1 aliphatic rings. The number of hydrogen-bond acceptors (Lipinski definition) is 7. The van der Waals surface area contributed by atoms with Crippen LogP contribution in [-0.4, -0.2) is 30.4 Å². The van der Waals surface area contributed by atoms with Gasteiger partial charge in [-0.15, -0.1) is 0 Å². The number of ether oxygens (including phenoxy) is 2. The predicted molar refractivity (Wildman–Crippen MR) is 94.6 cm³/mol. The number of rotatable bonds is 6. The Kier molecular flexibility index (Phi) is 4.97. The second-order valence-electron chi connectivity index (χ2n) is 5.48. The zero-order valence-electron chi connectivity index (χ0n) is 13.9. The lowest BCUT2D eigenvalue weighted by Gasteiger charge is -2.07. The van der Waals surface area contributed by atoms with E-state index in [4.69, 9.17) is 9.47 Å². The summed E-state index contributed by atoms with van der Waals surface area (Å²) in [6, 6.07) is 10.3. The van der Waals surface area contributed by atoms with E-state index < -0.39 is 4.92 Å². The van der Waals surface area contributed by atoms with E-state index in [1.165, 1.54) is 18.3 Å². The summed E-state index contributed by atoms with van der Waals surface area (Å²) in [7, 11) is 0. The van der Waals surface area contributed by atoms with Crippen molar-refractivity contribution in [3.8, 4) is 11.5 Å². The smallest absolute Gasteiger partial charge is 0.282 e. The van der Waals surface area contributed by atoms with E-state index in [0.29, 0.717) is 11.5 Å². The van der Waals surface area contributed by atoms with Crippen molar-refractivity contribution < 1.29 is 19.2 Å². The maximum absolute atomic E-state index is 11.9. The van der Waals surface area contributed by atoms with E-state index in [1.54, 1.807) is 0 Å². The number of nitrogens with one attached hydrogen (secondary N) is 2. The molecule has 0 saturated heterocycles. The highest BCUT2D eigenvalue weighted by Crippen LogP contribution is 2.37.